The fourth-order valence-corrected chi connectivity index (χ4v) is 2.06. The Morgan fingerprint density at radius 3 is 2.43 bits per heavy atom. The third kappa shape index (κ3) is 3.83. The number of ether oxygens (including phenoxy) is 2. The van der Waals surface area contributed by atoms with Gasteiger partial charge in [-0.25, -0.2) is 0 Å². The van der Waals surface area contributed by atoms with Crippen LogP contribution in [0.1, 0.15) is 15.9 Å². The standard InChI is InChI=1S/C17H19NO3/c1-12-3-4-14(17(18)19)11-16(12)13-5-7-15(8-6-13)21-10-9-20-2/h3-8,11H,9-10H2,1-2H3,(H2,18,19). The number of rotatable bonds is 6. The van der Waals surface area contributed by atoms with Crippen molar-refractivity contribution in [2.24, 2.45) is 5.73 Å². The van der Waals surface area contributed by atoms with Crippen molar-refractivity contribution in [3.8, 4) is 16.9 Å². The fraction of sp³-hybridized carbons (Fsp3) is 0.235. The Morgan fingerprint density at radius 1 is 1.10 bits per heavy atom. The summed E-state index contributed by atoms with van der Waals surface area (Å²) in [6, 6.07) is 13.2. The molecule has 0 aromatic heterocycles. The van der Waals surface area contributed by atoms with E-state index in [4.69, 9.17) is 15.2 Å². The Hall–Kier alpha value is -2.33. The molecule has 110 valence electrons. The number of primary amides is 1. The van der Waals surface area contributed by atoms with E-state index in [0.29, 0.717) is 18.8 Å². The number of amides is 1. The molecule has 0 saturated carbocycles. The van der Waals surface area contributed by atoms with Crippen LogP contribution in [0.4, 0.5) is 0 Å². The predicted octanol–water partition coefficient (Wildman–Crippen LogP) is 2.79. The minimum atomic E-state index is -0.421. The van der Waals surface area contributed by atoms with Crippen molar-refractivity contribution in [2.45, 2.75) is 6.92 Å². The van der Waals surface area contributed by atoms with Gasteiger partial charge in [-0.1, -0.05) is 18.2 Å². The lowest BCUT2D eigenvalue weighted by atomic mass is 9.98. The molecule has 0 spiro atoms. The third-order valence-electron chi connectivity index (χ3n) is 3.24. The molecule has 0 bridgehead atoms. The Morgan fingerprint density at radius 2 is 1.81 bits per heavy atom. The van der Waals surface area contributed by atoms with Gasteiger partial charge in [0.15, 0.2) is 0 Å². The lowest BCUT2D eigenvalue weighted by molar-refractivity contribution is 0.100. The summed E-state index contributed by atoms with van der Waals surface area (Å²) < 4.78 is 10.5. The second-order valence-corrected chi connectivity index (χ2v) is 4.76. The normalized spacial score (nSPS) is 10.4. The highest BCUT2D eigenvalue weighted by Gasteiger charge is 2.07. The minimum absolute atomic E-state index is 0.421. The first-order chi connectivity index (χ1) is 10.1. The van der Waals surface area contributed by atoms with Crippen molar-refractivity contribution < 1.29 is 14.3 Å². The molecule has 4 heteroatoms. The molecule has 2 aromatic carbocycles. The maximum Gasteiger partial charge on any atom is 0.248 e. The summed E-state index contributed by atoms with van der Waals surface area (Å²) in [6.07, 6.45) is 0. The van der Waals surface area contributed by atoms with Gasteiger partial charge >= 0.3 is 0 Å². The second-order valence-electron chi connectivity index (χ2n) is 4.76. The predicted molar refractivity (Wildman–Crippen MR) is 82.5 cm³/mol. The quantitative estimate of drug-likeness (QED) is 0.830. The first-order valence-corrected chi connectivity index (χ1v) is 6.74. The highest BCUT2D eigenvalue weighted by Crippen LogP contribution is 2.26. The smallest absolute Gasteiger partial charge is 0.248 e. The maximum atomic E-state index is 11.3. The summed E-state index contributed by atoms with van der Waals surface area (Å²) in [7, 11) is 1.64. The molecule has 2 aromatic rings. The van der Waals surface area contributed by atoms with Crippen molar-refractivity contribution in [1.29, 1.82) is 0 Å². The number of hydrogen-bond acceptors (Lipinski definition) is 3. The van der Waals surface area contributed by atoms with Gasteiger partial charge in [-0.15, -0.1) is 0 Å². The van der Waals surface area contributed by atoms with E-state index >= 15 is 0 Å². The summed E-state index contributed by atoms with van der Waals surface area (Å²) in [4.78, 5) is 11.3. The average molecular weight is 285 g/mol. The van der Waals surface area contributed by atoms with E-state index in [1.165, 1.54) is 0 Å². The topological polar surface area (TPSA) is 61.6 Å². The Balaban J connectivity index is 2.22. The summed E-state index contributed by atoms with van der Waals surface area (Å²) in [6.45, 7) is 3.08. The molecule has 2 N–H and O–H groups in total. The molecule has 0 aliphatic rings. The van der Waals surface area contributed by atoms with Gasteiger partial charge in [0, 0.05) is 12.7 Å². The van der Waals surface area contributed by atoms with Crippen LogP contribution in [-0.2, 0) is 4.74 Å². The van der Waals surface area contributed by atoms with E-state index in [-0.39, 0.29) is 0 Å². The van der Waals surface area contributed by atoms with Gasteiger partial charge in [0.25, 0.3) is 0 Å². The van der Waals surface area contributed by atoms with E-state index in [1.807, 2.05) is 43.3 Å². The Labute approximate surface area is 124 Å². The van der Waals surface area contributed by atoms with Gasteiger partial charge in [0.2, 0.25) is 5.91 Å². The van der Waals surface area contributed by atoms with Gasteiger partial charge in [0.1, 0.15) is 12.4 Å². The van der Waals surface area contributed by atoms with Crippen LogP contribution in [-0.4, -0.2) is 26.2 Å². The van der Waals surface area contributed by atoms with E-state index in [2.05, 4.69) is 0 Å². The molecule has 21 heavy (non-hydrogen) atoms. The van der Waals surface area contributed by atoms with Gasteiger partial charge in [-0.3, -0.25) is 4.79 Å². The lowest BCUT2D eigenvalue weighted by Gasteiger charge is -2.10. The highest BCUT2D eigenvalue weighted by atomic mass is 16.5. The molecule has 0 fully saturated rings. The Kier molecular flexibility index (Phi) is 4.95. The number of benzene rings is 2. The van der Waals surface area contributed by atoms with Crippen LogP contribution in [0.15, 0.2) is 42.5 Å². The van der Waals surface area contributed by atoms with E-state index in [0.717, 1.165) is 22.4 Å². The third-order valence-corrected chi connectivity index (χ3v) is 3.24. The van der Waals surface area contributed by atoms with Crippen LogP contribution < -0.4 is 10.5 Å². The number of aryl methyl sites for hydroxylation is 1. The summed E-state index contributed by atoms with van der Waals surface area (Å²) >= 11 is 0. The van der Waals surface area contributed by atoms with Crippen LogP contribution in [0.25, 0.3) is 11.1 Å². The number of hydrogen-bond donors (Lipinski definition) is 1. The zero-order valence-electron chi connectivity index (χ0n) is 12.3. The van der Waals surface area contributed by atoms with Crippen molar-refractivity contribution in [3.05, 3.63) is 53.6 Å². The maximum absolute atomic E-state index is 11.3. The minimum Gasteiger partial charge on any atom is -0.491 e. The largest absolute Gasteiger partial charge is 0.491 e. The van der Waals surface area contributed by atoms with Crippen LogP contribution in [0.5, 0.6) is 5.75 Å². The zero-order chi connectivity index (χ0) is 15.2. The van der Waals surface area contributed by atoms with Crippen LogP contribution >= 0.6 is 0 Å². The highest BCUT2D eigenvalue weighted by molar-refractivity contribution is 5.94. The average Bonchev–Trinajstić information content (AvgIpc) is 2.48. The van der Waals surface area contributed by atoms with Gasteiger partial charge in [0.05, 0.1) is 6.61 Å². The monoisotopic (exact) mass is 285 g/mol. The van der Waals surface area contributed by atoms with Gasteiger partial charge < -0.3 is 15.2 Å². The number of carbonyl (C=O) groups excluding carboxylic acids is 1. The van der Waals surface area contributed by atoms with E-state index in [9.17, 15) is 4.79 Å². The van der Waals surface area contributed by atoms with Crippen molar-refractivity contribution in [2.75, 3.05) is 20.3 Å². The molecule has 0 saturated heterocycles. The molecule has 1 amide bonds. The van der Waals surface area contributed by atoms with E-state index in [1.54, 1.807) is 13.2 Å². The van der Waals surface area contributed by atoms with Crippen molar-refractivity contribution in [1.82, 2.24) is 0 Å². The number of methoxy groups -OCH3 is 1. The molecule has 0 unspecified atom stereocenters. The molecule has 4 nitrogen and oxygen atoms in total. The van der Waals surface area contributed by atoms with Gasteiger partial charge in [-0.2, -0.15) is 0 Å². The zero-order valence-corrected chi connectivity index (χ0v) is 12.3. The van der Waals surface area contributed by atoms with E-state index < -0.39 is 5.91 Å². The molecule has 0 heterocycles. The molecular formula is C17H19NO3. The van der Waals surface area contributed by atoms with Crippen molar-refractivity contribution in [3.63, 3.8) is 0 Å². The molecule has 0 radical (unpaired) electrons. The molecule has 0 aliphatic carbocycles. The lowest BCUT2D eigenvalue weighted by Crippen LogP contribution is -2.10. The summed E-state index contributed by atoms with van der Waals surface area (Å²) in [5.41, 5.74) is 8.95. The summed E-state index contributed by atoms with van der Waals surface area (Å²) in [5, 5.41) is 0. The molecule has 0 aliphatic heterocycles. The first-order valence-electron chi connectivity index (χ1n) is 6.74. The van der Waals surface area contributed by atoms with Crippen LogP contribution in [0.3, 0.4) is 0 Å². The number of nitrogens with two attached hydrogens (primary N) is 1. The second kappa shape index (κ2) is 6.90. The summed E-state index contributed by atoms with van der Waals surface area (Å²) in [5.74, 6) is 0.371. The first kappa shape index (κ1) is 15.1. The Bertz CT molecular complexity index is 620. The molecule has 2 rings (SSSR count). The number of carbonyl (C=O) groups is 1. The van der Waals surface area contributed by atoms with Crippen LogP contribution in [0, 0.1) is 6.92 Å². The fourth-order valence-electron chi connectivity index (χ4n) is 2.06. The van der Waals surface area contributed by atoms with Crippen LogP contribution in [0.2, 0.25) is 0 Å². The molecule has 0 atom stereocenters. The van der Waals surface area contributed by atoms with Crippen molar-refractivity contribution >= 4 is 5.91 Å². The molecular weight excluding hydrogens is 266 g/mol. The SMILES string of the molecule is COCCOc1ccc(-c2cc(C(N)=O)ccc2C)cc1. The van der Waals surface area contributed by atoms with Gasteiger partial charge in [-0.05, 0) is 47.9 Å².